The summed E-state index contributed by atoms with van der Waals surface area (Å²) in [7, 11) is 0. The van der Waals surface area contributed by atoms with Crippen LogP contribution in [-0.4, -0.2) is 21.8 Å². The third kappa shape index (κ3) is 3.76. The van der Waals surface area contributed by atoms with E-state index in [1.807, 2.05) is 6.08 Å². The predicted molar refractivity (Wildman–Crippen MR) is 127 cm³/mol. The van der Waals surface area contributed by atoms with E-state index < -0.39 is 0 Å². The Kier molecular flexibility index (Phi) is 6.31. The van der Waals surface area contributed by atoms with Gasteiger partial charge in [0.2, 0.25) is 0 Å². The van der Waals surface area contributed by atoms with Gasteiger partial charge in [-0.15, -0.1) is 0 Å². The zero-order valence-corrected chi connectivity index (χ0v) is 20.4. The molecular formula is C27H44N2O2. The maximum Gasteiger partial charge on any atom is 0.0836 e. The van der Waals surface area contributed by atoms with Gasteiger partial charge < -0.3 is 10.4 Å². The first kappa shape index (κ1) is 22.9. The van der Waals surface area contributed by atoms with Gasteiger partial charge in [0.25, 0.3) is 0 Å². The number of hydrogen-bond donors (Lipinski definition) is 2. The Morgan fingerprint density at radius 3 is 2.45 bits per heavy atom. The Morgan fingerprint density at radius 1 is 1.00 bits per heavy atom. The Labute approximate surface area is 189 Å². The normalized spacial score (nSPS) is 43.5. The number of rotatable bonds is 5. The molecule has 0 aromatic carbocycles. The second-order valence-electron chi connectivity index (χ2n) is 12.2. The van der Waals surface area contributed by atoms with Gasteiger partial charge in [0.1, 0.15) is 0 Å². The first-order valence-corrected chi connectivity index (χ1v) is 12.9. The molecular weight excluding hydrogens is 384 g/mol. The van der Waals surface area contributed by atoms with Crippen LogP contribution in [0.15, 0.2) is 22.0 Å². The zero-order chi connectivity index (χ0) is 22.4. The lowest BCUT2D eigenvalue weighted by Crippen LogP contribution is -2.53. The van der Waals surface area contributed by atoms with E-state index in [1.54, 1.807) is 0 Å². The number of fused-ring (bicyclic) bond motifs is 5. The highest BCUT2D eigenvalue weighted by molar-refractivity contribution is 6.09. The second-order valence-corrected chi connectivity index (χ2v) is 12.2. The fourth-order valence-electron chi connectivity index (χ4n) is 8.62. The Balaban J connectivity index is 1.57. The van der Waals surface area contributed by atoms with Crippen molar-refractivity contribution in [1.82, 2.24) is 0 Å². The summed E-state index contributed by atoms with van der Waals surface area (Å²) < 4.78 is 0. The second kappa shape index (κ2) is 8.56. The van der Waals surface area contributed by atoms with E-state index in [1.165, 1.54) is 44.9 Å². The van der Waals surface area contributed by atoms with Crippen molar-refractivity contribution in [2.75, 3.05) is 0 Å². The van der Waals surface area contributed by atoms with Crippen LogP contribution >= 0.6 is 0 Å². The highest BCUT2D eigenvalue weighted by Crippen LogP contribution is 2.67. The van der Waals surface area contributed by atoms with E-state index in [-0.39, 0.29) is 5.41 Å². The molecule has 0 unspecified atom stereocenters. The average molecular weight is 429 g/mol. The van der Waals surface area contributed by atoms with Gasteiger partial charge in [0, 0.05) is 0 Å². The standard InChI is InChI=1S/C27H44N2O2/c1-17(2)7-6-8-18(3)21-9-10-22-20-16-25(29-31)24-15-19(28-30)11-13-27(24,5)23(20)12-14-26(21,22)4/h15,17-18,20-23,30-31H,6-14,16H2,1-5H3/b28-19+,29-25+/t18-,20+,21-,22+,23+,26-,27-/m1/s1. The molecule has 174 valence electrons. The van der Waals surface area contributed by atoms with Gasteiger partial charge in [-0.2, -0.15) is 0 Å². The van der Waals surface area contributed by atoms with E-state index in [4.69, 9.17) is 0 Å². The van der Waals surface area contributed by atoms with E-state index in [9.17, 15) is 10.4 Å². The van der Waals surface area contributed by atoms with Gasteiger partial charge in [-0.3, -0.25) is 0 Å². The highest BCUT2D eigenvalue weighted by atomic mass is 16.4. The molecule has 0 radical (unpaired) electrons. The molecule has 4 aliphatic rings. The van der Waals surface area contributed by atoms with Crippen molar-refractivity contribution in [2.45, 2.75) is 98.8 Å². The monoisotopic (exact) mass is 428 g/mol. The lowest BCUT2D eigenvalue weighted by atomic mass is 9.46. The highest BCUT2D eigenvalue weighted by Gasteiger charge is 2.60. The Bertz CT molecular complexity index is 769. The fourth-order valence-corrected chi connectivity index (χ4v) is 8.62. The summed E-state index contributed by atoms with van der Waals surface area (Å²) in [5, 5.41) is 26.5. The van der Waals surface area contributed by atoms with Crippen LogP contribution in [-0.2, 0) is 0 Å². The summed E-state index contributed by atoms with van der Waals surface area (Å²) in [6.45, 7) is 12.2. The van der Waals surface area contributed by atoms with E-state index >= 15 is 0 Å². The van der Waals surface area contributed by atoms with Gasteiger partial charge in [0.15, 0.2) is 0 Å². The van der Waals surface area contributed by atoms with Gasteiger partial charge in [-0.05, 0) is 103 Å². The molecule has 0 aromatic rings. The van der Waals surface area contributed by atoms with Crippen molar-refractivity contribution in [2.24, 2.45) is 56.6 Å². The third-order valence-corrected chi connectivity index (χ3v) is 10.3. The van der Waals surface area contributed by atoms with Crippen LogP contribution in [0.2, 0.25) is 0 Å². The summed E-state index contributed by atoms with van der Waals surface area (Å²) in [5.41, 5.74) is 3.19. The van der Waals surface area contributed by atoms with Crippen LogP contribution in [0.3, 0.4) is 0 Å². The minimum atomic E-state index is 0.0426. The molecule has 0 bridgehead atoms. The fraction of sp³-hybridized carbons (Fsp3) is 0.852. The molecule has 4 heteroatoms. The lowest BCUT2D eigenvalue weighted by molar-refractivity contribution is -0.0426. The molecule has 4 aliphatic carbocycles. The van der Waals surface area contributed by atoms with E-state index in [0.29, 0.717) is 17.3 Å². The molecule has 3 saturated carbocycles. The van der Waals surface area contributed by atoms with Crippen LogP contribution in [0.1, 0.15) is 98.8 Å². The first-order valence-electron chi connectivity index (χ1n) is 12.9. The van der Waals surface area contributed by atoms with Crippen LogP contribution in [0.5, 0.6) is 0 Å². The lowest BCUT2D eigenvalue weighted by Gasteiger charge is -2.58. The van der Waals surface area contributed by atoms with Crippen molar-refractivity contribution < 1.29 is 10.4 Å². The number of hydrogen-bond acceptors (Lipinski definition) is 4. The first-order chi connectivity index (χ1) is 14.7. The van der Waals surface area contributed by atoms with Crippen molar-refractivity contribution in [3.63, 3.8) is 0 Å². The van der Waals surface area contributed by atoms with Crippen LogP contribution < -0.4 is 0 Å². The quantitative estimate of drug-likeness (QED) is 0.356. The average Bonchev–Trinajstić information content (AvgIpc) is 3.09. The van der Waals surface area contributed by atoms with Gasteiger partial charge in [-0.1, -0.05) is 64.2 Å². The molecule has 2 N–H and O–H groups in total. The summed E-state index contributed by atoms with van der Waals surface area (Å²) in [6, 6.07) is 0. The molecule has 4 nitrogen and oxygen atoms in total. The Hall–Kier alpha value is -1.32. The van der Waals surface area contributed by atoms with Crippen molar-refractivity contribution in [3.05, 3.63) is 11.6 Å². The van der Waals surface area contributed by atoms with Gasteiger partial charge >= 0.3 is 0 Å². The molecule has 0 aliphatic heterocycles. The largest absolute Gasteiger partial charge is 0.411 e. The maximum atomic E-state index is 9.93. The molecule has 4 rings (SSSR count). The van der Waals surface area contributed by atoms with E-state index in [0.717, 1.165) is 59.9 Å². The molecule has 31 heavy (non-hydrogen) atoms. The number of nitrogens with zero attached hydrogens (tertiary/aromatic N) is 2. The molecule has 7 atom stereocenters. The van der Waals surface area contributed by atoms with Crippen molar-refractivity contribution >= 4 is 11.4 Å². The smallest absolute Gasteiger partial charge is 0.0836 e. The zero-order valence-electron chi connectivity index (χ0n) is 20.4. The summed E-state index contributed by atoms with van der Waals surface area (Å²) in [5.74, 6) is 4.47. The molecule has 0 aromatic heterocycles. The summed E-state index contributed by atoms with van der Waals surface area (Å²) >= 11 is 0. The van der Waals surface area contributed by atoms with Crippen molar-refractivity contribution in [3.8, 4) is 0 Å². The molecule has 3 fully saturated rings. The van der Waals surface area contributed by atoms with Crippen molar-refractivity contribution in [1.29, 1.82) is 0 Å². The SMILES string of the molecule is CC(C)CCC[C@@H](C)[C@H]1CC[C@H]2[C@@H]3C/C(=N\O)C4=C/C(=N/O)CC[C@]4(C)[C@H]3CC[C@]12C. The topological polar surface area (TPSA) is 65.2 Å². The molecule has 0 saturated heterocycles. The molecule has 0 spiro atoms. The van der Waals surface area contributed by atoms with Crippen LogP contribution in [0.4, 0.5) is 0 Å². The summed E-state index contributed by atoms with van der Waals surface area (Å²) in [4.78, 5) is 0. The van der Waals surface area contributed by atoms with E-state index in [2.05, 4.69) is 44.9 Å². The summed E-state index contributed by atoms with van der Waals surface area (Å²) in [6.07, 6.45) is 14.1. The van der Waals surface area contributed by atoms with Gasteiger partial charge in [-0.25, -0.2) is 0 Å². The minimum Gasteiger partial charge on any atom is -0.411 e. The third-order valence-electron chi connectivity index (χ3n) is 10.3. The maximum absolute atomic E-state index is 9.93. The molecule has 0 amide bonds. The van der Waals surface area contributed by atoms with Gasteiger partial charge in [0.05, 0.1) is 11.4 Å². The molecule has 0 heterocycles. The number of oxime groups is 2. The predicted octanol–water partition coefficient (Wildman–Crippen LogP) is 7.30. The van der Waals surface area contributed by atoms with Crippen LogP contribution in [0, 0.1) is 46.3 Å². The van der Waals surface area contributed by atoms with Crippen LogP contribution in [0.25, 0.3) is 0 Å². The Morgan fingerprint density at radius 2 is 1.77 bits per heavy atom. The minimum absolute atomic E-state index is 0.0426. The number of allylic oxidation sites excluding steroid dienone is 2.